The zero-order valence-electron chi connectivity index (χ0n) is 23.8. The Morgan fingerprint density at radius 1 is 1.02 bits per heavy atom. The van der Waals surface area contributed by atoms with E-state index in [1.807, 2.05) is 0 Å². The third kappa shape index (κ3) is 9.39. The first-order valence-corrected chi connectivity index (χ1v) is 12.8. The number of hydrogen-bond donors (Lipinski definition) is 4. The zero-order chi connectivity index (χ0) is 32.4. The SMILES string of the molecule is CCc1cc(-c2ccc(F)cc2)nc(C(O)(CNC(=O)c2ccc(OCC(N)=O)c(OC)c2)C(F)(F)F)c1.CNC(C)=O. The number of aliphatic hydroxyl groups is 1. The Labute approximate surface area is 245 Å². The minimum atomic E-state index is -5.22. The van der Waals surface area contributed by atoms with Crippen LogP contribution in [0.3, 0.4) is 0 Å². The van der Waals surface area contributed by atoms with Gasteiger partial charge in [-0.3, -0.25) is 14.4 Å². The molecule has 0 aliphatic rings. The molecule has 43 heavy (non-hydrogen) atoms. The van der Waals surface area contributed by atoms with E-state index in [1.54, 1.807) is 20.0 Å². The van der Waals surface area contributed by atoms with Gasteiger partial charge in [0.2, 0.25) is 11.5 Å². The lowest BCUT2D eigenvalue weighted by Gasteiger charge is -2.31. The normalized spacial score (nSPS) is 12.2. The summed E-state index contributed by atoms with van der Waals surface area (Å²) in [4.78, 5) is 37.4. The van der Waals surface area contributed by atoms with Crippen molar-refractivity contribution in [2.45, 2.75) is 32.0 Å². The lowest BCUT2D eigenvalue weighted by atomic mass is 9.94. The molecule has 0 spiro atoms. The maximum absolute atomic E-state index is 14.2. The Hall–Kier alpha value is -4.72. The standard InChI is InChI=1S/C26H25F4N3O5.C3H7NO/c1-3-15-10-19(16-4-7-18(27)8-5-16)33-22(11-15)25(36,26(28,29)30)14-32-24(35)17-6-9-20(21(12-17)37-2)38-13-23(31)34;1-3(5)4-2/h4-12,36H,3,13-14H2,1-2H3,(H2,31,34)(H,32,35);1-2H3,(H,4,5). The number of rotatable bonds is 10. The van der Waals surface area contributed by atoms with Crippen molar-refractivity contribution in [1.29, 1.82) is 0 Å². The smallest absolute Gasteiger partial charge is 0.424 e. The molecule has 1 unspecified atom stereocenters. The topological polar surface area (TPSA) is 153 Å². The number of halogens is 4. The first-order valence-electron chi connectivity index (χ1n) is 12.8. The number of amides is 3. The summed E-state index contributed by atoms with van der Waals surface area (Å²) >= 11 is 0. The minimum absolute atomic E-state index is 0.00463. The summed E-state index contributed by atoms with van der Waals surface area (Å²) in [5.74, 6) is -2.10. The number of methoxy groups -OCH3 is 1. The van der Waals surface area contributed by atoms with Gasteiger partial charge >= 0.3 is 6.18 Å². The molecule has 1 aromatic heterocycles. The van der Waals surface area contributed by atoms with Crippen LogP contribution in [-0.4, -0.2) is 61.3 Å². The van der Waals surface area contributed by atoms with Crippen LogP contribution >= 0.6 is 0 Å². The minimum Gasteiger partial charge on any atom is -0.493 e. The van der Waals surface area contributed by atoms with Crippen LogP contribution < -0.4 is 25.8 Å². The summed E-state index contributed by atoms with van der Waals surface area (Å²) in [5.41, 5.74) is 1.56. The fourth-order valence-electron chi connectivity index (χ4n) is 3.49. The van der Waals surface area contributed by atoms with Gasteiger partial charge in [0.25, 0.3) is 11.8 Å². The van der Waals surface area contributed by atoms with E-state index in [-0.39, 0.29) is 28.7 Å². The molecule has 14 heteroatoms. The van der Waals surface area contributed by atoms with Crippen LogP contribution in [0.15, 0.2) is 54.6 Å². The molecular formula is C29H32F4N4O6. The van der Waals surface area contributed by atoms with E-state index < -0.39 is 48.3 Å². The number of hydrogen-bond acceptors (Lipinski definition) is 7. The summed E-state index contributed by atoms with van der Waals surface area (Å²) in [6.45, 7) is 1.48. The molecule has 1 heterocycles. The number of primary amides is 1. The van der Waals surface area contributed by atoms with Crippen LogP contribution in [-0.2, 0) is 21.6 Å². The molecule has 10 nitrogen and oxygen atoms in total. The third-order valence-electron chi connectivity index (χ3n) is 5.98. The van der Waals surface area contributed by atoms with Crippen molar-refractivity contribution < 1.29 is 46.5 Å². The fraction of sp³-hybridized carbons (Fsp3) is 0.310. The molecule has 5 N–H and O–H groups in total. The Balaban J connectivity index is 0.00000119. The van der Waals surface area contributed by atoms with Gasteiger partial charge in [0.05, 0.1) is 25.0 Å². The summed E-state index contributed by atoms with van der Waals surface area (Å²) in [7, 11) is 2.87. The molecule has 0 aliphatic carbocycles. The van der Waals surface area contributed by atoms with Crippen molar-refractivity contribution in [1.82, 2.24) is 15.6 Å². The van der Waals surface area contributed by atoms with Gasteiger partial charge < -0.3 is 30.9 Å². The molecule has 0 radical (unpaired) electrons. The number of nitrogens with two attached hydrogens (primary N) is 1. The van der Waals surface area contributed by atoms with Gasteiger partial charge in [-0.25, -0.2) is 9.37 Å². The number of ether oxygens (including phenoxy) is 2. The van der Waals surface area contributed by atoms with E-state index in [2.05, 4.69) is 15.6 Å². The van der Waals surface area contributed by atoms with Crippen molar-refractivity contribution in [2.75, 3.05) is 27.3 Å². The number of carbonyl (C=O) groups is 3. The molecule has 2 aromatic carbocycles. The van der Waals surface area contributed by atoms with Crippen LogP contribution in [0.4, 0.5) is 17.6 Å². The number of carbonyl (C=O) groups excluding carboxylic acids is 3. The van der Waals surface area contributed by atoms with Crippen molar-refractivity contribution in [3.05, 3.63) is 77.2 Å². The number of benzene rings is 2. The van der Waals surface area contributed by atoms with Gasteiger partial charge in [0, 0.05) is 25.1 Å². The van der Waals surface area contributed by atoms with Gasteiger partial charge in [-0.1, -0.05) is 6.92 Å². The highest BCUT2D eigenvalue weighted by atomic mass is 19.4. The lowest BCUT2D eigenvalue weighted by molar-refractivity contribution is -0.265. The highest BCUT2D eigenvalue weighted by Crippen LogP contribution is 2.39. The highest BCUT2D eigenvalue weighted by molar-refractivity contribution is 5.95. The molecule has 232 valence electrons. The number of nitrogens with one attached hydrogen (secondary N) is 2. The van der Waals surface area contributed by atoms with E-state index in [0.717, 1.165) is 18.2 Å². The van der Waals surface area contributed by atoms with E-state index in [1.165, 1.54) is 44.4 Å². The molecule has 0 aliphatic heterocycles. The molecular weight excluding hydrogens is 576 g/mol. The van der Waals surface area contributed by atoms with Gasteiger partial charge in [-0.05, 0) is 66.6 Å². The van der Waals surface area contributed by atoms with Crippen LogP contribution in [0.5, 0.6) is 11.5 Å². The average molecular weight is 609 g/mol. The molecule has 1 atom stereocenters. The largest absolute Gasteiger partial charge is 0.493 e. The van der Waals surface area contributed by atoms with Crippen LogP contribution in [0.25, 0.3) is 11.3 Å². The summed E-state index contributed by atoms with van der Waals surface area (Å²) in [6.07, 6.45) is -4.89. The number of alkyl halides is 3. The maximum Gasteiger partial charge on any atom is 0.424 e. The molecule has 0 bridgehead atoms. The monoisotopic (exact) mass is 608 g/mol. The van der Waals surface area contributed by atoms with Gasteiger partial charge in [-0.15, -0.1) is 0 Å². The first kappa shape index (κ1) is 34.5. The molecule has 0 saturated heterocycles. The zero-order valence-corrected chi connectivity index (χ0v) is 23.8. The van der Waals surface area contributed by atoms with Crippen molar-refractivity contribution in [3.63, 3.8) is 0 Å². The van der Waals surface area contributed by atoms with E-state index >= 15 is 0 Å². The second-order valence-electron chi connectivity index (χ2n) is 9.07. The van der Waals surface area contributed by atoms with Crippen molar-refractivity contribution >= 4 is 17.7 Å². The van der Waals surface area contributed by atoms with Crippen LogP contribution in [0, 0.1) is 5.82 Å². The second-order valence-corrected chi connectivity index (χ2v) is 9.07. The number of nitrogens with zero attached hydrogens (tertiary/aromatic N) is 1. The summed E-state index contributed by atoms with van der Waals surface area (Å²) in [6, 6.07) is 11.4. The Bertz CT molecular complexity index is 1430. The number of pyridine rings is 1. The fourth-order valence-corrected chi connectivity index (χ4v) is 3.49. The predicted octanol–water partition coefficient (Wildman–Crippen LogP) is 3.26. The molecule has 0 saturated carbocycles. The van der Waals surface area contributed by atoms with Gasteiger partial charge in [0.1, 0.15) is 5.82 Å². The highest BCUT2D eigenvalue weighted by Gasteiger charge is 2.56. The van der Waals surface area contributed by atoms with Gasteiger partial charge in [0.15, 0.2) is 18.1 Å². The molecule has 3 aromatic rings. The first-order chi connectivity index (χ1) is 20.1. The Morgan fingerprint density at radius 3 is 2.16 bits per heavy atom. The summed E-state index contributed by atoms with van der Waals surface area (Å²) < 4.78 is 66.3. The van der Waals surface area contributed by atoms with Crippen molar-refractivity contribution in [3.8, 4) is 22.8 Å². The lowest BCUT2D eigenvalue weighted by Crippen LogP contribution is -2.51. The van der Waals surface area contributed by atoms with Crippen molar-refractivity contribution in [2.24, 2.45) is 5.73 Å². The molecule has 3 amide bonds. The molecule has 3 rings (SSSR count). The molecule has 0 fully saturated rings. The van der Waals surface area contributed by atoms with E-state index in [4.69, 9.17) is 15.2 Å². The quantitative estimate of drug-likeness (QED) is 0.258. The second kappa shape index (κ2) is 15.0. The van der Waals surface area contributed by atoms with Gasteiger partial charge in [-0.2, -0.15) is 13.2 Å². The van der Waals surface area contributed by atoms with Crippen LogP contribution in [0.2, 0.25) is 0 Å². The maximum atomic E-state index is 14.2. The number of aromatic nitrogens is 1. The summed E-state index contributed by atoms with van der Waals surface area (Å²) in [5, 5.41) is 15.4. The Morgan fingerprint density at radius 2 is 1.65 bits per heavy atom. The average Bonchev–Trinajstić information content (AvgIpc) is 2.98. The van der Waals surface area contributed by atoms with E-state index in [9.17, 15) is 37.1 Å². The number of aryl methyl sites for hydroxylation is 1. The third-order valence-corrected chi connectivity index (χ3v) is 5.98. The van der Waals surface area contributed by atoms with Crippen LogP contribution in [0.1, 0.15) is 35.5 Å². The predicted molar refractivity (Wildman–Crippen MR) is 149 cm³/mol. The Kier molecular flexibility index (Phi) is 12.0. The van der Waals surface area contributed by atoms with E-state index in [0.29, 0.717) is 17.5 Å².